The molecule has 8 nitrogen and oxygen atoms in total. The standard InChI is InChI=1S/C29H34N4O4/c1-19-16-37-32-27(19)13-29(17-35-18-29)23-4-3-5-24(12-23)30-28(34)26-11-21(10-25(31-26)22-6-7-22)15-33-8-9-36-20(2)14-33/h3-5,10-12,16,20,22H,6-9,13-15,17-18H2,1-2H3,(H,30,34)/t20-/m1/s1. The van der Waals surface area contributed by atoms with Crippen molar-refractivity contribution < 1.29 is 18.8 Å². The molecule has 2 aromatic heterocycles. The van der Waals surface area contributed by atoms with E-state index in [1.807, 2.05) is 25.1 Å². The summed E-state index contributed by atoms with van der Waals surface area (Å²) in [6.07, 6.45) is 4.93. The molecule has 1 atom stereocenters. The SMILES string of the molecule is Cc1conc1CC1(c2cccc(NC(=O)c3cc(CN4CCO[C@H](C)C4)cc(C4CC4)n3)c2)COC1. The molecule has 1 aromatic carbocycles. The van der Waals surface area contributed by atoms with Crippen LogP contribution in [0.25, 0.3) is 0 Å². The fraction of sp³-hybridized carbons (Fsp3) is 0.483. The summed E-state index contributed by atoms with van der Waals surface area (Å²) < 4.78 is 16.5. The van der Waals surface area contributed by atoms with Crippen LogP contribution < -0.4 is 5.32 Å². The highest BCUT2D eigenvalue weighted by molar-refractivity contribution is 6.03. The lowest BCUT2D eigenvalue weighted by Crippen LogP contribution is -2.48. The van der Waals surface area contributed by atoms with Gasteiger partial charge in [0.2, 0.25) is 0 Å². The van der Waals surface area contributed by atoms with Crippen LogP contribution in [-0.4, -0.2) is 60.0 Å². The maximum absolute atomic E-state index is 13.4. The van der Waals surface area contributed by atoms with Gasteiger partial charge in [-0.2, -0.15) is 0 Å². The molecule has 2 saturated heterocycles. The summed E-state index contributed by atoms with van der Waals surface area (Å²) in [5, 5.41) is 7.28. The molecule has 0 spiro atoms. The minimum atomic E-state index is -0.178. The second-order valence-corrected chi connectivity index (χ2v) is 10.9. The van der Waals surface area contributed by atoms with Crippen LogP contribution in [0.15, 0.2) is 47.2 Å². The predicted octanol–water partition coefficient (Wildman–Crippen LogP) is 4.24. The van der Waals surface area contributed by atoms with Gasteiger partial charge in [-0.15, -0.1) is 0 Å². The first-order chi connectivity index (χ1) is 18.0. The van der Waals surface area contributed by atoms with E-state index in [2.05, 4.69) is 40.5 Å². The number of hydrogen-bond acceptors (Lipinski definition) is 7. The molecule has 0 unspecified atom stereocenters. The number of aromatic nitrogens is 2. The molecule has 8 heteroatoms. The van der Waals surface area contributed by atoms with Crippen LogP contribution in [0.1, 0.15) is 64.2 Å². The Bertz CT molecular complexity index is 1280. The molecular formula is C29H34N4O4. The van der Waals surface area contributed by atoms with E-state index < -0.39 is 0 Å². The van der Waals surface area contributed by atoms with Crippen LogP contribution >= 0.6 is 0 Å². The highest BCUT2D eigenvalue weighted by atomic mass is 16.5. The van der Waals surface area contributed by atoms with Crippen molar-refractivity contribution in [1.82, 2.24) is 15.0 Å². The van der Waals surface area contributed by atoms with Gasteiger partial charge in [0.1, 0.15) is 12.0 Å². The average Bonchev–Trinajstić information content (AvgIpc) is 3.64. The van der Waals surface area contributed by atoms with Crippen LogP contribution in [0.3, 0.4) is 0 Å². The van der Waals surface area contributed by atoms with E-state index in [4.69, 9.17) is 19.0 Å². The summed E-state index contributed by atoms with van der Waals surface area (Å²) in [4.78, 5) is 20.6. The lowest BCUT2D eigenvalue weighted by molar-refractivity contribution is -0.0606. The molecule has 1 saturated carbocycles. The zero-order valence-corrected chi connectivity index (χ0v) is 21.5. The van der Waals surface area contributed by atoms with E-state index in [0.29, 0.717) is 24.8 Å². The zero-order chi connectivity index (χ0) is 25.4. The summed E-state index contributed by atoms with van der Waals surface area (Å²) in [5.41, 5.74) is 6.35. The molecule has 2 aliphatic heterocycles. The Balaban J connectivity index is 1.21. The third kappa shape index (κ3) is 5.32. The van der Waals surface area contributed by atoms with Gasteiger partial charge >= 0.3 is 0 Å². The number of pyridine rings is 1. The number of rotatable bonds is 8. The van der Waals surface area contributed by atoms with E-state index in [1.54, 1.807) is 6.26 Å². The molecule has 3 aromatic rings. The Kier molecular flexibility index (Phi) is 6.56. The van der Waals surface area contributed by atoms with Gasteiger partial charge in [0.25, 0.3) is 5.91 Å². The van der Waals surface area contributed by atoms with Gasteiger partial charge in [-0.25, -0.2) is 4.98 Å². The van der Waals surface area contributed by atoms with Crippen molar-refractivity contribution in [2.75, 3.05) is 38.2 Å². The van der Waals surface area contributed by atoms with E-state index in [0.717, 1.165) is 79.3 Å². The first-order valence-corrected chi connectivity index (χ1v) is 13.2. The molecule has 194 valence electrons. The number of benzene rings is 1. The maximum atomic E-state index is 13.4. The third-order valence-corrected chi connectivity index (χ3v) is 7.71. The molecular weight excluding hydrogens is 468 g/mol. The van der Waals surface area contributed by atoms with Gasteiger partial charge in [-0.3, -0.25) is 9.69 Å². The number of morpholine rings is 1. The fourth-order valence-corrected chi connectivity index (χ4v) is 5.34. The number of anilines is 1. The number of carbonyl (C=O) groups is 1. The second-order valence-electron chi connectivity index (χ2n) is 10.9. The van der Waals surface area contributed by atoms with E-state index in [-0.39, 0.29) is 17.4 Å². The van der Waals surface area contributed by atoms with E-state index in [9.17, 15) is 4.79 Å². The van der Waals surface area contributed by atoms with Crippen LogP contribution in [-0.2, 0) is 27.9 Å². The van der Waals surface area contributed by atoms with Crippen LogP contribution in [0.5, 0.6) is 0 Å². The minimum Gasteiger partial charge on any atom is -0.379 e. The molecule has 1 amide bonds. The third-order valence-electron chi connectivity index (χ3n) is 7.71. The van der Waals surface area contributed by atoms with Crippen LogP contribution in [0.4, 0.5) is 5.69 Å². The van der Waals surface area contributed by atoms with Crippen molar-refractivity contribution in [1.29, 1.82) is 0 Å². The van der Waals surface area contributed by atoms with Gasteiger partial charge < -0.3 is 19.3 Å². The predicted molar refractivity (Wildman–Crippen MR) is 139 cm³/mol. The monoisotopic (exact) mass is 502 g/mol. The Labute approximate surface area is 217 Å². The molecule has 1 aliphatic carbocycles. The first-order valence-electron chi connectivity index (χ1n) is 13.2. The van der Waals surface area contributed by atoms with E-state index >= 15 is 0 Å². The van der Waals surface area contributed by atoms with E-state index in [1.165, 1.54) is 0 Å². The summed E-state index contributed by atoms with van der Waals surface area (Å²) in [6.45, 7) is 8.69. The van der Waals surface area contributed by atoms with Crippen LogP contribution in [0, 0.1) is 6.92 Å². The molecule has 0 radical (unpaired) electrons. The Morgan fingerprint density at radius 1 is 1.22 bits per heavy atom. The highest BCUT2D eigenvalue weighted by Crippen LogP contribution is 2.40. The number of aryl methyl sites for hydroxylation is 1. The van der Waals surface area contributed by atoms with Gasteiger partial charge in [0, 0.05) is 54.3 Å². The van der Waals surface area contributed by atoms with Crippen molar-refractivity contribution in [2.24, 2.45) is 0 Å². The minimum absolute atomic E-state index is 0.172. The first kappa shape index (κ1) is 24.3. The van der Waals surface area contributed by atoms with Crippen molar-refractivity contribution in [2.45, 2.75) is 57.1 Å². The Hall–Kier alpha value is -3.07. The average molecular weight is 503 g/mol. The molecule has 3 fully saturated rings. The van der Waals surface area contributed by atoms with Crippen LogP contribution in [0.2, 0.25) is 0 Å². The largest absolute Gasteiger partial charge is 0.379 e. The quantitative estimate of drug-likeness (QED) is 0.493. The van der Waals surface area contributed by atoms with Crippen molar-refractivity contribution in [3.05, 3.63) is 76.4 Å². The smallest absolute Gasteiger partial charge is 0.274 e. The molecule has 1 N–H and O–H groups in total. The summed E-state index contributed by atoms with van der Waals surface area (Å²) in [6, 6.07) is 12.2. The maximum Gasteiger partial charge on any atom is 0.274 e. The lowest BCUT2D eigenvalue weighted by atomic mass is 9.74. The highest BCUT2D eigenvalue weighted by Gasteiger charge is 2.41. The van der Waals surface area contributed by atoms with Gasteiger partial charge in [-0.05, 0) is 62.1 Å². The number of nitrogens with zero attached hydrogens (tertiary/aromatic N) is 3. The number of hydrogen-bond donors (Lipinski definition) is 1. The van der Waals surface area contributed by atoms with Crippen molar-refractivity contribution in [3.8, 4) is 0 Å². The Morgan fingerprint density at radius 3 is 2.78 bits per heavy atom. The summed E-state index contributed by atoms with van der Waals surface area (Å²) in [5.74, 6) is 0.291. The van der Waals surface area contributed by atoms with Gasteiger partial charge in [-0.1, -0.05) is 17.3 Å². The normalized spacial score (nSPS) is 21.4. The molecule has 0 bridgehead atoms. The number of amides is 1. The Morgan fingerprint density at radius 2 is 2.08 bits per heavy atom. The number of carbonyl (C=O) groups excluding carboxylic acids is 1. The topological polar surface area (TPSA) is 89.7 Å². The lowest BCUT2D eigenvalue weighted by Gasteiger charge is -2.42. The second kappa shape index (κ2) is 10.0. The molecule has 6 rings (SSSR count). The molecule has 37 heavy (non-hydrogen) atoms. The van der Waals surface area contributed by atoms with Gasteiger partial charge in [0.05, 0.1) is 31.6 Å². The number of ether oxygens (including phenoxy) is 2. The summed E-state index contributed by atoms with van der Waals surface area (Å²) in [7, 11) is 0. The van der Waals surface area contributed by atoms with Gasteiger partial charge in [0.15, 0.2) is 0 Å². The fourth-order valence-electron chi connectivity index (χ4n) is 5.34. The zero-order valence-electron chi connectivity index (χ0n) is 21.5. The molecule has 3 aliphatic rings. The molecule has 4 heterocycles. The van der Waals surface area contributed by atoms with Crippen molar-refractivity contribution >= 4 is 11.6 Å². The summed E-state index contributed by atoms with van der Waals surface area (Å²) >= 11 is 0. The number of nitrogens with one attached hydrogen (secondary N) is 1. The van der Waals surface area contributed by atoms with Crippen molar-refractivity contribution in [3.63, 3.8) is 0 Å².